The number of benzene rings is 1. The summed E-state index contributed by atoms with van der Waals surface area (Å²) in [6.07, 6.45) is 0. The van der Waals surface area contributed by atoms with Gasteiger partial charge in [0.05, 0.1) is 13.2 Å². The number of carboxylic acid groups (broad SMARTS) is 1. The van der Waals surface area contributed by atoms with E-state index in [1.54, 1.807) is 12.1 Å². The van der Waals surface area contributed by atoms with Crippen molar-refractivity contribution in [2.24, 2.45) is 0 Å². The zero-order valence-corrected chi connectivity index (χ0v) is 11.7. The van der Waals surface area contributed by atoms with Gasteiger partial charge < -0.3 is 14.6 Å². The zero-order valence-electron chi connectivity index (χ0n) is 11.7. The molecule has 0 saturated carbocycles. The van der Waals surface area contributed by atoms with Crippen LogP contribution in [0.25, 0.3) is 0 Å². The van der Waals surface area contributed by atoms with Gasteiger partial charge in [0.2, 0.25) is 0 Å². The molecule has 0 unspecified atom stereocenters. The van der Waals surface area contributed by atoms with E-state index in [0.717, 1.165) is 5.56 Å². The minimum Gasteiger partial charge on any atom is -0.480 e. The van der Waals surface area contributed by atoms with Crippen molar-refractivity contribution in [1.82, 2.24) is 0 Å². The molecule has 0 radical (unpaired) electrons. The monoisotopic (exact) mass is 281 g/mol. The van der Waals surface area contributed by atoms with Crippen LogP contribution in [0.5, 0.6) is 0 Å². The molecule has 0 aliphatic carbocycles. The second-order valence-electron chi connectivity index (χ2n) is 4.25. The van der Waals surface area contributed by atoms with E-state index >= 15 is 0 Å². The van der Waals surface area contributed by atoms with Gasteiger partial charge in [-0.3, -0.25) is 14.5 Å². The fourth-order valence-electron chi connectivity index (χ4n) is 1.56. The van der Waals surface area contributed by atoms with Gasteiger partial charge in [0.1, 0.15) is 13.2 Å². The summed E-state index contributed by atoms with van der Waals surface area (Å²) < 4.78 is 9.94. The van der Waals surface area contributed by atoms with Crippen molar-refractivity contribution in [3.05, 3.63) is 29.8 Å². The number of aryl methyl sites for hydroxylation is 1. The number of hydrogen-bond acceptors (Lipinski definition) is 4. The molecule has 6 nitrogen and oxygen atoms in total. The molecule has 0 fully saturated rings. The third-order valence-corrected chi connectivity index (χ3v) is 2.60. The standard InChI is InChI=1S/C14H19NO5/c1-11-3-5-12(6-4-11)15(9-14(17)18)13(16)10-20-8-7-19-2/h3-6H,7-10H2,1-2H3,(H,17,18). The molecule has 0 bridgehead atoms. The predicted octanol–water partition coefficient (Wildman–Crippen LogP) is 1.08. The lowest BCUT2D eigenvalue weighted by atomic mass is 10.2. The van der Waals surface area contributed by atoms with Crippen molar-refractivity contribution >= 4 is 17.6 Å². The summed E-state index contributed by atoms with van der Waals surface area (Å²) in [5.41, 5.74) is 1.58. The Morgan fingerprint density at radius 1 is 1.20 bits per heavy atom. The zero-order chi connectivity index (χ0) is 15.0. The Bertz CT molecular complexity index is 443. The van der Waals surface area contributed by atoms with E-state index in [9.17, 15) is 9.59 Å². The van der Waals surface area contributed by atoms with Gasteiger partial charge in [-0.05, 0) is 19.1 Å². The number of amides is 1. The number of ether oxygens (including phenoxy) is 2. The van der Waals surface area contributed by atoms with E-state index in [0.29, 0.717) is 12.3 Å². The third-order valence-electron chi connectivity index (χ3n) is 2.60. The highest BCUT2D eigenvalue weighted by Crippen LogP contribution is 2.15. The Morgan fingerprint density at radius 2 is 1.85 bits per heavy atom. The molecule has 0 spiro atoms. The maximum Gasteiger partial charge on any atom is 0.323 e. The lowest BCUT2D eigenvalue weighted by Gasteiger charge is -2.21. The Kier molecular flexibility index (Phi) is 6.69. The van der Waals surface area contributed by atoms with E-state index in [1.165, 1.54) is 12.0 Å². The van der Waals surface area contributed by atoms with Crippen LogP contribution in [-0.4, -0.2) is 50.5 Å². The molecule has 1 aromatic carbocycles. The van der Waals surface area contributed by atoms with Crippen molar-refractivity contribution in [3.8, 4) is 0 Å². The van der Waals surface area contributed by atoms with Crippen molar-refractivity contribution < 1.29 is 24.2 Å². The van der Waals surface area contributed by atoms with Crippen LogP contribution in [0.3, 0.4) is 0 Å². The summed E-state index contributed by atoms with van der Waals surface area (Å²) in [7, 11) is 1.54. The number of carboxylic acids is 1. The average Bonchev–Trinajstić information content (AvgIpc) is 2.42. The Labute approximate surface area is 117 Å². The maximum absolute atomic E-state index is 12.0. The number of hydrogen-bond donors (Lipinski definition) is 1. The Hall–Kier alpha value is -1.92. The first kappa shape index (κ1) is 16.1. The highest BCUT2D eigenvalue weighted by atomic mass is 16.5. The summed E-state index contributed by atoms with van der Waals surface area (Å²) in [6.45, 7) is 2.02. The molecule has 1 aromatic rings. The molecule has 0 atom stereocenters. The minimum atomic E-state index is -1.07. The van der Waals surface area contributed by atoms with Crippen LogP contribution in [0.2, 0.25) is 0 Å². The number of carbonyl (C=O) groups is 2. The van der Waals surface area contributed by atoms with Gasteiger partial charge >= 0.3 is 5.97 Å². The van der Waals surface area contributed by atoms with Crippen molar-refractivity contribution in [2.75, 3.05) is 38.4 Å². The Balaban J connectivity index is 2.70. The summed E-state index contributed by atoms with van der Waals surface area (Å²) in [6, 6.07) is 7.07. The normalized spacial score (nSPS) is 10.3. The van der Waals surface area contributed by atoms with Gasteiger partial charge in [-0.25, -0.2) is 0 Å². The van der Waals surface area contributed by atoms with E-state index in [-0.39, 0.29) is 13.2 Å². The number of nitrogens with zero attached hydrogens (tertiary/aromatic N) is 1. The van der Waals surface area contributed by atoms with Crippen LogP contribution in [0.15, 0.2) is 24.3 Å². The van der Waals surface area contributed by atoms with Crippen LogP contribution >= 0.6 is 0 Å². The number of aliphatic carboxylic acids is 1. The van der Waals surface area contributed by atoms with Gasteiger partial charge in [-0.15, -0.1) is 0 Å². The van der Waals surface area contributed by atoms with Crippen LogP contribution in [0.4, 0.5) is 5.69 Å². The summed E-state index contributed by atoms with van der Waals surface area (Å²) in [5.74, 6) is -1.47. The second kappa shape index (κ2) is 8.29. The average molecular weight is 281 g/mol. The lowest BCUT2D eigenvalue weighted by molar-refractivity contribution is -0.137. The van der Waals surface area contributed by atoms with Gasteiger partial charge in [-0.2, -0.15) is 0 Å². The van der Waals surface area contributed by atoms with Gasteiger partial charge in [-0.1, -0.05) is 17.7 Å². The summed E-state index contributed by atoms with van der Waals surface area (Å²) in [5, 5.41) is 8.90. The first-order valence-electron chi connectivity index (χ1n) is 6.20. The molecule has 0 heterocycles. The minimum absolute atomic E-state index is 0.176. The van der Waals surface area contributed by atoms with Crippen LogP contribution in [0.1, 0.15) is 5.56 Å². The summed E-state index contributed by atoms with van der Waals surface area (Å²) >= 11 is 0. The molecular weight excluding hydrogens is 262 g/mol. The molecule has 1 N–H and O–H groups in total. The van der Waals surface area contributed by atoms with Crippen molar-refractivity contribution in [1.29, 1.82) is 0 Å². The predicted molar refractivity (Wildman–Crippen MR) is 73.9 cm³/mol. The van der Waals surface area contributed by atoms with E-state index in [2.05, 4.69) is 0 Å². The van der Waals surface area contributed by atoms with Crippen LogP contribution in [0, 0.1) is 6.92 Å². The quantitative estimate of drug-likeness (QED) is 0.721. The number of rotatable bonds is 8. The second-order valence-corrected chi connectivity index (χ2v) is 4.25. The molecule has 1 rings (SSSR count). The fourth-order valence-corrected chi connectivity index (χ4v) is 1.56. The van der Waals surface area contributed by atoms with E-state index in [1.807, 2.05) is 19.1 Å². The molecule has 0 aliphatic rings. The van der Waals surface area contributed by atoms with Crippen LogP contribution in [-0.2, 0) is 19.1 Å². The first-order chi connectivity index (χ1) is 9.54. The van der Waals surface area contributed by atoms with Gasteiger partial charge in [0, 0.05) is 12.8 Å². The van der Waals surface area contributed by atoms with Crippen LogP contribution < -0.4 is 4.90 Å². The molecule has 110 valence electrons. The van der Waals surface area contributed by atoms with Gasteiger partial charge in [0.25, 0.3) is 5.91 Å². The van der Waals surface area contributed by atoms with E-state index < -0.39 is 18.4 Å². The first-order valence-corrected chi connectivity index (χ1v) is 6.20. The number of anilines is 1. The SMILES string of the molecule is COCCOCC(=O)N(CC(=O)O)c1ccc(C)cc1. The highest BCUT2D eigenvalue weighted by Gasteiger charge is 2.18. The third kappa shape index (κ3) is 5.38. The number of methoxy groups -OCH3 is 1. The smallest absolute Gasteiger partial charge is 0.323 e. The number of carbonyl (C=O) groups excluding carboxylic acids is 1. The topological polar surface area (TPSA) is 76.1 Å². The van der Waals surface area contributed by atoms with Crippen molar-refractivity contribution in [2.45, 2.75) is 6.92 Å². The Morgan fingerprint density at radius 3 is 2.40 bits per heavy atom. The fraction of sp³-hybridized carbons (Fsp3) is 0.429. The lowest BCUT2D eigenvalue weighted by Crippen LogP contribution is -2.38. The molecule has 0 aliphatic heterocycles. The highest BCUT2D eigenvalue weighted by molar-refractivity contribution is 5.98. The largest absolute Gasteiger partial charge is 0.480 e. The summed E-state index contributed by atoms with van der Waals surface area (Å²) in [4.78, 5) is 24.1. The molecule has 1 amide bonds. The molecule has 20 heavy (non-hydrogen) atoms. The maximum atomic E-state index is 12.0. The van der Waals surface area contributed by atoms with Crippen molar-refractivity contribution in [3.63, 3.8) is 0 Å². The van der Waals surface area contributed by atoms with E-state index in [4.69, 9.17) is 14.6 Å². The molecular formula is C14H19NO5. The molecule has 0 saturated heterocycles. The molecule has 6 heteroatoms. The molecule has 0 aromatic heterocycles. The van der Waals surface area contributed by atoms with Gasteiger partial charge in [0.15, 0.2) is 0 Å².